The molecule has 0 bridgehead atoms. The number of aromatic amines is 1. The first kappa shape index (κ1) is 10.8. The highest BCUT2D eigenvalue weighted by atomic mass is 16.4. The van der Waals surface area contributed by atoms with Crippen LogP contribution in [0.5, 0.6) is 0 Å². The maximum absolute atomic E-state index is 11.6. The van der Waals surface area contributed by atoms with Gasteiger partial charge in [0.25, 0.3) is 5.91 Å². The Kier molecular flexibility index (Phi) is 2.73. The average Bonchev–Trinajstić information content (AvgIpc) is 3.12. The van der Waals surface area contributed by atoms with Crippen LogP contribution in [-0.4, -0.2) is 37.8 Å². The Morgan fingerprint density at radius 3 is 3.17 bits per heavy atom. The van der Waals surface area contributed by atoms with Gasteiger partial charge in [0.1, 0.15) is 6.33 Å². The minimum absolute atomic E-state index is 0.0556. The van der Waals surface area contributed by atoms with Gasteiger partial charge in [-0.2, -0.15) is 5.10 Å². The summed E-state index contributed by atoms with van der Waals surface area (Å²) in [6.45, 7) is 0.937. The zero-order chi connectivity index (χ0) is 12.4. The molecular weight excluding hydrogens is 238 g/mol. The monoisotopic (exact) mass is 249 g/mol. The fourth-order valence-corrected chi connectivity index (χ4v) is 1.79. The molecule has 0 aromatic carbocycles. The lowest BCUT2D eigenvalue weighted by molar-refractivity contribution is 0.101. The number of amides is 1. The summed E-state index contributed by atoms with van der Waals surface area (Å²) >= 11 is 0. The first-order valence-electron chi connectivity index (χ1n) is 5.56. The van der Waals surface area contributed by atoms with Crippen LogP contribution in [0.2, 0.25) is 0 Å². The summed E-state index contributed by atoms with van der Waals surface area (Å²) in [5.74, 6) is 0.108. The highest BCUT2D eigenvalue weighted by molar-refractivity contribution is 5.99. The summed E-state index contributed by atoms with van der Waals surface area (Å²) in [7, 11) is 0. The molecule has 0 aliphatic carbocycles. The number of H-pyrrole nitrogens is 1. The molecule has 18 heavy (non-hydrogen) atoms. The third-order valence-electron chi connectivity index (χ3n) is 2.65. The van der Waals surface area contributed by atoms with Crippen molar-refractivity contribution in [1.82, 2.24) is 30.7 Å². The lowest BCUT2D eigenvalue weighted by atomic mass is 10.2. The number of rotatable bonds is 3. The molecule has 1 fully saturated rings. The van der Waals surface area contributed by atoms with Crippen LogP contribution in [-0.2, 0) is 0 Å². The molecule has 3 heterocycles. The molecule has 1 aliphatic rings. The number of hydrogen-bond acceptors (Lipinski definition) is 7. The Labute approximate surface area is 101 Å². The van der Waals surface area contributed by atoms with Crippen molar-refractivity contribution < 1.29 is 9.21 Å². The molecule has 1 amide bonds. The smallest absolute Gasteiger partial charge is 0.322 e. The van der Waals surface area contributed by atoms with Crippen molar-refractivity contribution in [1.29, 1.82) is 0 Å². The zero-order valence-electron chi connectivity index (χ0n) is 9.38. The third-order valence-corrected chi connectivity index (χ3v) is 2.65. The molecule has 2 aromatic heterocycles. The van der Waals surface area contributed by atoms with E-state index in [-0.39, 0.29) is 17.9 Å². The molecule has 0 spiro atoms. The minimum Gasteiger partial charge on any atom is -0.406 e. The molecule has 1 atom stereocenters. The lowest BCUT2D eigenvalue weighted by Crippen LogP contribution is -2.14. The molecule has 0 saturated carbocycles. The lowest BCUT2D eigenvalue weighted by Gasteiger charge is -2.02. The standard InChI is InChI=1S/C9H11N7O2/c17-7(6-11-4-12-14-6)13-9-16-15-8(18-9)5-2-1-3-10-5/h4-5,10H,1-3H2,(H,11,12,14)(H,13,16,17). The van der Waals surface area contributed by atoms with Gasteiger partial charge in [-0.1, -0.05) is 5.10 Å². The SMILES string of the molecule is O=C(Nc1nnc(C2CCCN2)o1)c1ncn[nH]1. The maximum atomic E-state index is 11.6. The van der Waals surface area contributed by atoms with Crippen molar-refractivity contribution >= 4 is 11.9 Å². The van der Waals surface area contributed by atoms with Gasteiger partial charge < -0.3 is 9.73 Å². The van der Waals surface area contributed by atoms with E-state index in [2.05, 4.69) is 36.0 Å². The first-order valence-corrected chi connectivity index (χ1v) is 5.56. The van der Waals surface area contributed by atoms with Gasteiger partial charge in [-0.3, -0.25) is 15.2 Å². The number of anilines is 1. The number of nitrogens with one attached hydrogen (secondary N) is 3. The molecular formula is C9H11N7O2. The topological polar surface area (TPSA) is 122 Å². The normalized spacial score (nSPS) is 19.0. The van der Waals surface area contributed by atoms with E-state index in [9.17, 15) is 4.79 Å². The van der Waals surface area contributed by atoms with Gasteiger partial charge in [-0.25, -0.2) is 4.98 Å². The number of carbonyl (C=O) groups excluding carboxylic acids is 1. The summed E-state index contributed by atoms with van der Waals surface area (Å²) in [6.07, 6.45) is 3.28. The van der Waals surface area contributed by atoms with Crippen LogP contribution < -0.4 is 10.6 Å². The quantitative estimate of drug-likeness (QED) is 0.692. The second kappa shape index (κ2) is 4.53. The van der Waals surface area contributed by atoms with Gasteiger partial charge in [0.2, 0.25) is 11.7 Å². The molecule has 0 radical (unpaired) electrons. The van der Waals surface area contributed by atoms with Crippen molar-refractivity contribution in [2.75, 3.05) is 11.9 Å². The molecule has 94 valence electrons. The molecule has 1 unspecified atom stereocenters. The van der Waals surface area contributed by atoms with Crippen LogP contribution in [0.3, 0.4) is 0 Å². The maximum Gasteiger partial charge on any atom is 0.322 e. The first-order chi connectivity index (χ1) is 8.83. The fourth-order valence-electron chi connectivity index (χ4n) is 1.79. The van der Waals surface area contributed by atoms with Crippen molar-refractivity contribution in [3.63, 3.8) is 0 Å². The van der Waals surface area contributed by atoms with Gasteiger partial charge in [0, 0.05) is 0 Å². The predicted molar refractivity (Wildman–Crippen MR) is 58.6 cm³/mol. The molecule has 9 nitrogen and oxygen atoms in total. The van der Waals surface area contributed by atoms with E-state index in [1.165, 1.54) is 6.33 Å². The summed E-state index contributed by atoms with van der Waals surface area (Å²) in [5, 5.41) is 19.4. The predicted octanol–water partition coefficient (Wildman–Crippen LogP) is -0.136. The summed E-state index contributed by atoms with van der Waals surface area (Å²) in [5.41, 5.74) is 0. The molecule has 9 heteroatoms. The minimum atomic E-state index is -0.470. The zero-order valence-corrected chi connectivity index (χ0v) is 9.38. The number of hydrogen-bond donors (Lipinski definition) is 3. The highest BCUT2D eigenvalue weighted by Gasteiger charge is 2.22. The van der Waals surface area contributed by atoms with E-state index >= 15 is 0 Å². The summed E-state index contributed by atoms with van der Waals surface area (Å²) in [6, 6.07) is 0.133. The second-order valence-corrected chi connectivity index (χ2v) is 3.88. The molecule has 1 saturated heterocycles. The molecule has 2 aromatic rings. The average molecular weight is 249 g/mol. The van der Waals surface area contributed by atoms with E-state index in [1.807, 2.05) is 0 Å². The number of carbonyl (C=O) groups is 1. The van der Waals surface area contributed by atoms with Crippen LogP contribution >= 0.6 is 0 Å². The van der Waals surface area contributed by atoms with Crippen molar-refractivity contribution in [2.45, 2.75) is 18.9 Å². The van der Waals surface area contributed by atoms with Crippen molar-refractivity contribution in [3.05, 3.63) is 18.0 Å². The van der Waals surface area contributed by atoms with Crippen molar-refractivity contribution in [2.24, 2.45) is 0 Å². The Hall–Kier alpha value is -2.29. The Morgan fingerprint density at radius 2 is 2.44 bits per heavy atom. The van der Waals surface area contributed by atoms with Crippen LogP contribution in [0.15, 0.2) is 10.7 Å². The molecule has 3 N–H and O–H groups in total. The van der Waals surface area contributed by atoms with Crippen LogP contribution in [0.4, 0.5) is 6.01 Å². The molecule has 3 rings (SSSR count). The van der Waals surface area contributed by atoms with E-state index in [4.69, 9.17) is 4.42 Å². The van der Waals surface area contributed by atoms with Crippen LogP contribution in [0.25, 0.3) is 0 Å². The van der Waals surface area contributed by atoms with Crippen LogP contribution in [0, 0.1) is 0 Å². The summed E-state index contributed by atoms with van der Waals surface area (Å²) < 4.78 is 5.36. The van der Waals surface area contributed by atoms with E-state index in [0.29, 0.717) is 5.89 Å². The van der Waals surface area contributed by atoms with E-state index in [0.717, 1.165) is 19.4 Å². The number of nitrogens with zero attached hydrogens (tertiary/aromatic N) is 4. The fraction of sp³-hybridized carbons (Fsp3) is 0.444. The highest BCUT2D eigenvalue weighted by Crippen LogP contribution is 2.22. The van der Waals surface area contributed by atoms with E-state index < -0.39 is 5.91 Å². The molecule has 1 aliphatic heterocycles. The van der Waals surface area contributed by atoms with Gasteiger partial charge in [-0.05, 0) is 19.4 Å². The van der Waals surface area contributed by atoms with Gasteiger partial charge in [0.05, 0.1) is 6.04 Å². The van der Waals surface area contributed by atoms with E-state index in [1.54, 1.807) is 0 Å². The van der Waals surface area contributed by atoms with Crippen molar-refractivity contribution in [3.8, 4) is 0 Å². The second-order valence-electron chi connectivity index (χ2n) is 3.88. The summed E-state index contributed by atoms with van der Waals surface area (Å²) in [4.78, 5) is 15.3. The largest absolute Gasteiger partial charge is 0.406 e. The van der Waals surface area contributed by atoms with Crippen LogP contribution in [0.1, 0.15) is 35.4 Å². The number of aromatic nitrogens is 5. The van der Waals surface area contributed by atoms with Gasteiger partial charge in [0.15, 0.2) is 0 Å². The van der Waals surface area contributed by atoms with Gasteiger partial charge >= 0.3 is 6.01 Å². The Bertz CT molecular complexity index is 529. The third kappa shape index (κ3) is 2.07. The Morgan fingerprint density at radius 1 is 1.50 bits per heavy atom. The Balaban J connectivity index is 1.68. The van der Waals surface area contributed by atoms with Gasteiger partial charge in [-0.15, -0.1) is 5.10 Å².